The number of hydrogen-bond acceptors (Lipinski definition) is 0. The Kier molecular flexibility index (Phi) is 14.8. The summed E-state index contributed by atoms with van der Waals surface area (Å²) < 4.78 is 0. The number of hydrogen-bond donors (Lipinski definition) is 0. The van der Waals surface area contributed by atoms with Crippen molar-refractivity contribution >= 4 is 46.1 Å². The summed E-state index contributed by atoms with van der Waals surface area (Å²) in [6.45, 7) is 43.0. The van der Waals surface area contributed by atoms with E-state index in [0.717, 1.165) is 0 Å². The molecule has 5 rings (SSSR count). The molecular formula is C52H68Cl2P2Pd. The second-order valence-electron chi connectivity index (χ2n) is 21.8. The fourth-order valence-electron chi connectivity index (χ4n) is 7.29. The van der Waals surface area contributed by atoms with Crippen LogP contribution in [-0.4, -0.2) is 0 Å². The molecular weight excluding hydrogens is 864 g/mol. The summed E-state index contributed by atoms with van der Waals surface area (Å²) in [4.78, 5) is 2.92. The van der Waals surface area contributed by atoms with Gasteiger partial charge in [-0.05, 0) is 77.0 Å². The van der Waals surface area contributed by atoms with Gasteiger partial charge >= 0.3 is 35.0 Å². The fraction of sp³-hybridized carbons (Fsp3) is 0.462. The molecule has 0 aliphatic heterocycles. The first kappa shape index (κ1) is 47.9. The zero-order valence-electron chi connectivity index (χ0n) is 38.0. The van der Waals surface area contributed by atoms with Crippen LogP contribution in [0, 0.1) is 9.88 Å². The molecule has 0 fully saturated rings. The molecule has 0 aromatic heterocycles. The van der Waals surface area contributed by atoms with E-state index < -0.39 is 0 Å². The van der Waals surface area contributed by atoms with Gasteiger partial charge in [-0.15, -0.1) is 0 Å². The molecule has 0 aliphatic rings. The maximum atomic E-state index is 4.81. The van der Waals surface area contributed by atoms with E-state index >= 15 is 0 Å². The topological polar surface area (TPSA) is 0 Å². The summed E-state index contributed by atoms with van der Waals surface area (Å²) in [6.07, 6.45) is 0. The van der Waals surface area contributed by atoms with Crippen LogP contribution in [0.1, 0.15) is 158 Å². The molecule has 5 aromatic rings. The van der Waals surface area contributed by atoms with Gasteiger partial charge in [0.05, 0.1) is 0 Å². The molecule has 310 valence electrons. The van der Waals surface area contributed by atoms with Crippen LogP contribution in [0.3, 0.4) is 0 Å². The van der Waals surface area contributed by atoms with Crippen LogP contribution >= 0.6 is 35.5 Å². The van der Waals surface area contributed by atoms with E-state index in [9.17, 15) is 0 Å². The standard InChI is InChI=1S/C52H68P2.2ClH.Pd/c1-47(2,3)35-29-37(49(7,8)9)43(38(30-35)50(10,11)12)53-45-41(33-25-21-19-22-26-33)42(34-27-23-20-24-28-34)46(45)54-44-39(51(13,14)15)31-36(48(4,5)6)32-40(44)52(16,17)18;;;/h19-32H,1-18H3;2*1H;/q;;;+2/p-2. The van der Waals surface area contributed by atoms with Gasteiger partial charge < -0.3 is 0 Å². The summed E-state index contributed by atoms with van der Waals surface area (Å²) in [5.41, 5.74) is 14.1. The minimum atomic E-state index is -0.106. The van der Waals surface area contributed by atoms with Crippen LogP contribution in [0.4, 0.5) is 0 Å². The molecule has 0 saturated heterocycles. The van der Waals surface area contributed by atoms with Crippen molar-refractivity contribution in [2.45, 2.75) is 157 Å². The molecule has 0 bridgehead atoms. The summed E-state index contributed by atoms with van der Waals surface area (Å²) >= 11 is -0.106. The molecule has 0 saturated carbocycles. The van der Waals surface area contributed by atoms with Gasteiger partial charge in [-0.1, -0.05) is 226 Å². The summed E-state index contributed by atoms with van der Waals surface area (Å²) in [5, 5.41) is 2.95. The molecule has 0 aliphatic carbocycles. The van der Waals surface area contributed by atoms with Crippen LogP contribution in [0.5, 0.6) is 0 Å². The van der Waals surface area contributed by atoms with Gasteiger partial charge in [0, 0.05) is 31.6 Å². The third kappa shape index (κ3) is 11.3. The van der Waals surface area contributed by atoms with Crippen molar-refractivity contribution < 1.29 is 15.9 Å². The van der Waals surface area contributed by atoms with Crippen molar-refractivity contribution in [2.75, 3.05) is 0 Å². The van der Waals surface area contributed by atoms with Gasteiger partial charge in [0.25, 0.3) is 0 Å². The van der Waals surface area contributed by atoms with Crippen molar-refractivity contribution in [3.05, 3.63) is 128 Å². The molecule has 0 radical (unpaired) electrons. The Morgan fingerprint density at radius 3 is 0.789 bits per heavy atom. The van der Waals surface area contributed by atoms with Crippen LogP contribution in [-0.2, 0) is 48.4 Å². The Labute approximate surface area is 367 Å². The van der Waals surface area contributed by atoms with E-state index in [1.165, 1.54) is 92.5 Å². The van der Waals surface area contributed by atoms with Crippen LogP contribution < -0.4 is 10.6 Å². The number of benzene rings is 4. The van der Waals surface area contributed by atoms with Gasteiger partial charge in [-0.2, -0.15) is 0 Å². The Hall–Kier alpha value is -1.80. The summed E-state index contributed by atoms with van der Waals surface area (Å²) in [5.74, 6) is 0. The number of halogens is 2. The second-order valence-corrected chi connectivity index (χ2v) is 26.4. The van der Waals surface area contributed by atoms with Gasteiger partial charge in [0.2, 0.25) is 0 Å². The minimum absolute atomic E-state index is 0.0216. The Bertz CT molecular complexity index is 2030. The van der Waals surface area contributed by atoms with Crippen LogP contribution in [0.2, 0.25) is 0 Å². The SMILES string of the molecule is CC(C)(C)c1cc(C(C)(C)C)c(P=c2c(-c3ccccc3)c(-c3ccccc3)c2=Pc2c(C(C)(C)C)cc(C(C)(C)C)cc2C(C)(C)C)c(C(C)(C)C)c1.[Cl][Pd][Cl]. The summed E-state index contributed by atoms with van der Waals surface area (Å²) in [7, 11) is 12.2. The van der Waals surface area contributed by atoms with Crippen LogP contribution in [0.15, 0.2) is 84.9 Å². The monoisotopic (exact) mass is 930 g/mol. The Morgan fingerprint density at radius 1 is 0.368 bits per heavy atom. The van der Waals surface area contributed by atoms with Gasteiger partial charge in [-0.25, -0.2) is 0 Å². The maximum absolute atomic E-state index is 4.81. The molecule has 0 unspecified atom stereocenters. The Balaban J connectivity index is 0.00000232. The van der Waals surface area contributed by atoms with Crippen molar-refractivity contribution in [2.24, 2.45) is 0 Å². The predicted molar refractivity (Wildman–Crippen MR) is 256 cm³/mol. The molecule has 5 heteroatoms. The average molecular weight is 932 g/mol. The van der Waals surface area contributed by atoms with E-state index in [0.29, 0.717) is 0 Å². The predicted octanol–water partition coefficient (Wildman–Crippen LogP) is 16.7. The molecule has 0 nitrogen and oxygen atoms in total. The van der Waals surface area contributed by atoms with Crippen molar-refractivity contribution in [3.8, 4) is 22.3 Å². The molecule has 0 spiro atoms. The third-order valence-electron chi connectivity index (χ3n) is 10.7. The molecule has 0 N–H and O–H groups in total. The average Bonchev–Trinajstić information content (AvgIpc) is 3.06. The van der Waals surface area contributed by atoms with E-state index in [2.05, 4.69) is 210 Å². The molecule has 57 heavy (non-hydrogen) atoms. The normalized spacial score (nSPS) is 14.0. The van der Waals surface area contributed by atoms with E-state index in [1.54, 1.807) is 0 Å². The molecule has 0 amide bonds. The zero-order valence-corrected chi connectivity index (χ0v) is 42.9. The first-order valence-electron chi connectivity index (χ1n) is 20.3. The van der Waals surface area contributed by atoms with Gasteiger partial charge in [0.1, 0.15) is 0 Å². The Morgan fingerprint density at radius 2 is 0.596 bits per heavy atom. The van der Waals surface area contributed by atoms with E-state index in [1.807, 2.05) is 0 Å². The quantitative estimate of drug-likeness (QED) is 0.124. The van der Waals surface area contributed by atoms with Gasteiger partial charge in [-0.3, -0.25) is 0 Å². The fourth-order valence-corrected chi connectivity index (χ4v) is 11.3. The second kappa shape index (κ2) is 17.7. The molecule has 0 atom stereocenters. The first-order valence-corrected chi connectivity index (χ1v) is 26.1. The van der Waals surface area contributed by atoms with E-state index in [4.69, 9.17) is 19.1 Å². The van der Waals surface area contributed by atoms with Crippen molar-refractivity contribution in [3.63, 3.8) is 0 Å². The van der Waals surface area contributed by atoms with Crippen LogP contribution in [0.25, 0.3) is 22.3 Å². The molecule has 5 aromatic carbocycles. The summed E-state index contributed by atoms with van der Waals surface area (Å²) in [6, 6.07) is 32.5. The first-order chi connectivity index (χ1) is 26.0. The third-order valence-corrected chi connectivity index (χ3v) is 13.6. The molecule has 0 heterocycles. The van der Waals surface area contributed by atoms with Crippen molar-refractivity contribution in [1.82, 2.24) is 0 Å². The number of rotatable bonds is 4. The van der Waals surface area contributed by atoms with Crippen molar-refractivity contribution in [1.29, 1.82) is 0 Å². The van der Waals surface area contributed by atoms with E-state index in [-0.39, 0.29) is 48.4 Å². The van der Waals surface area contributed by atoms with Gasteiger partial charge in [0.15, 0.2) is 0 Å². The zero-order chi connectivity index (χ0) is 43.1.